The van der Waals surface area contributed by atoms with Crippen LogP contribution in [-0.4, -0.2) is 38.4 Å². The lowest BCUT2D eigenvalue weighted by atomic mass is 10.0. The number of halogens is 1. The molecule has 3 heterocycles. The molecule has 6 heteroatoms. The second-order valence-electron chi connectivity index (χ2n) is 7.19. The molecule has 1 aliphatic rings. The first-order valence-corrected chi connectivity index (χ1v) is 9.42. The van der Waals surface area contributed by atoms with Gasteiger partial charge in [0, 0.05) is 37.8 Å². The van der Waals surface area contributed by atoms with E-state index in [2.05, 4.69) is 16.5 Å². The van der Waals surface area contributed by atoms with E-state index in [-0.39, 0.29) is 11.7 Å². The highest BCUT2D eigenvalue weighted by atomic mass is 19.1. The minimum Gasteiger partial charge on any atom is -0.338 e. The monoisotopic (exact) mass is 366 g/mol. The van der Waals surface area contributed by atoms with Gasteiger partial charge in [0.15, 0.2) is 5.65 Å². The number of pyridine rings is 1. The summed E-state index contributed by atoms with van der Waals surface area (Å²) in [5, 5.41) is 0. The predicted octanol–water partition coefficient (Wildman–Crippen LogP) is 3.60. The lowest BCUT2D eigenvalue weighted by Crippen LogP contribution is -2.29. The Bertz CT molecular complexity index is 997. The number of nitrogens with zero attached hydrogens (tertiary/aromatic N) is 4. The van der Waals surface area contributed by atoms with Crippen molar-refractivity contribution in [3.8, 4) is 0 Å². The first-order chi connectivity index (χ1) is 13.1. The minimum absolute atomic E-state index is 0.0953. The van der Waals surface area contributed by atoms with Crippen LogP contribution < -0.4 is 0 Å². The number of amides is 1. The van der Waals surface area contributed by atoms with Gasteiger partial charge in [-0.2, -0.15) is 0 Å². The van der Waals surface area contributed by atoms with Crippen LogP contribution in [0.3, 0.4) is 0 Å². The SMILES string of the molecule is CCn1c(CC2CCN(C(=O)c3ccc(C)c(F)c3)C2)nc2cccnc21. The number of carbonyl (C=O) groups excluding carboxylic acids is 1. The van der Waals surface area contributed by atoms with Crippen LogP contribution in [0.2, 0.25) is 0 Å². The largest absolute Gasteiger partial charge is 0.338 e. The Labute approximate surface area is 157 Å². The minimum atomic E-state index is -0.333. The Morgan fingerprint density at radius 2 is 2.19 bits per heavy atom. The molecule has 1 fully saturated rings. The second-order valence-corrected chi connectivity index (χ2v) is 7.19. The van der Waals surface area contributed by atoms with E-state index in [1.165, 1.54) is 6.07 Å². The molecule has 1 atom stereocenters. The van der Waals surface area contributed by atoms with Crippen molar-refractivity contribution in [2.75, 3.05) is 13.1 Å². The fourth-order valence-corrected chi connectivity index (χ4v) is 3.84. The summed E-state index contributed by atoms with van der Waals surface area (Å²) < 4.78 is 15.9. The van der Waals surface area contributed by atoms with Gasteiger partial charge in [-0.05, 0) is 56.0 Å². The third kappa shape index (κ3) is 3.31. The Hall–Kier alpha value is -2.76. The van der Waals surface area contributed by atoms with Crippen molar-refractivity contribution in [1.29, 1.82) is 0 Å². The van der Waals surface area contributed by atoms with Crippen LogP contribution in [0.4, 0.5) is 4.39 Å². The summed E-state index contributed by atoms with van der Waals surface area (Å²) in [5.41, 5.74) is 2.80. The van der Waals surface area contributed by atoms with Gasteiger partial charge >= 0.3 is 0 Å². The van der Waals surface area contributed by atoms with Crippen molar-refractivity contribution in [3.63, 3.8) is 0 Å². The molecule has 1 saturated heterocycles. The van der Waals surface area contributed by atoms with E-state index in [1.807, 2.05) is 17.0 Å². The third-order valence-electron chi connectivity index (χ3n) is 5.36. The summed E-state index contributed by atoms with van der Waals surface area (Å²) in [6, 6.07) is 8.58. The number of aromatic nitrogens is 3. The molecular formula is C21H23FN4O. The van der Waals surface area contributed by atoms with Crippen LogP contribution in [0.1, 0.15) is 35.1 Å². The number of rotatable bonds is 4. The van der Waals surface area contributed by atoms with Gasteiger partial charge in [-0.3, -0.25) is 4.79 Å². The van der Waals surface area contributed by atoms with E-state index in [4.69, 9.17) is 4.98 Å². The summed E-state index contributed by atoms with van der Waals surface area (Å²) >= 11 is 0. The van der Waals surface area contributed by atoms with Crippen LogP contribution in [0.5, 0.6) is 0 Å². The third-order valence-corrected chi connectivity index (χ3v) is 5.36. The molecule has 0 spiro atoms. The zero-order valence-corrected chi connectivity index (χ0v) is 15.7. The molecule has 1 amide bonds. The zero-order chi connectivity index (χ0) is 19.0. The van der Waals surface area contributed by atoms with Crippen LogP contribution in [0.25, 0.3) is 11.2 Å². The molecule has 3 aromatic rings. The van der Waals surface area contributed by atoms with Crippen molar-refractivity contribution in [1.82, 2.24) is 19.4 Å². The summed E-state index contributed by atoms with van der Waals surface area (Å²) in [4.78, 5) is 23.7. The Balaban J connectivity index is 1.48. The van der Waals surface area contributed by atoms with Gasteiger partial charge in [0.05, 0.1) is 0 Å². The van der Waals surface area contributed by atoms with Crippen LogP contribution in [-0.2, 0) is 13.0 Å². The van der Waals surface area contributed by atoms with Gasteiger partial charge < -0.3 is 9.47 Å². The van der Waals surface area contributed by atoms with E-state index in [0.717, 1.165) is 36.4 Å². The van der Waals surface area contributed by atoms with E-state index in [9.17, 15) is 9.18 Å². The number of hydrogen-bond acceptors (Lipinski definition) is 3. The Morgan fingerprint density at radius 1 is 1.33 bits per heavy atom. The van der Waals surface area contributed by atoms with Gasteiger partial charge in [0.25, 0.3) is 5.91 Å². The van der Waals surface area contributed by atoms with Gasteiger partial charge in [-0.15, -0.1) is 0 Å². The maximum absolute atomic E-state index is 13.8. The lowest BCUT2D eigenvalue weighted by Gasteiger charge is -2.17. The molecule has 140 valence electrons. The number of fused-ring (bicyclic) bond motifs is 1. The number of likely N-dealkylation sites (tertiary alicyclic amines) is 1. The van der Waals surface area contributed by atoms with Crippen molar-refractivity contribution >= 4 is 17.1 Å². The smallest absolute Gasteiger partial charge is 0.253 e. The van der Waals surface area contributed by atoms with Crippen LogP contribution in [0.15, 0.2) is 36.5 Å². The van der Waals surface area contributed by atoms with E-state index >= 15 is 0 Å². The van der Waals surface area contributed by atoms with Crippen LogP contribution in [0, 0.1) is 18.7 Å². The van der Waals surface area contributed by atoms with Crippen molar-refractivity contribution < 1.29 is 9.18 Å². The predicted molar refractivity (Wildman–Crippen MR) is 102 cm³/mol. The molecule has 0 radical (unpaired) electrons. The topological polar surface area (TPSA) is 51.0 Å². The quantitative estimate of drug-likeness (QED) is 0.709. The van der Waals surface area contributed by atoms with Crippen molar-refractivity contribution in [2.24, 2.45) is 5.92 Å². The average Bonchev–Trinajstić information content (AvgIpc) is 3.27. The van der Waals surface area contributed by atoms with Gasteiger partial charge in [-0.1, -0.05) is 6.07 Å². The fourth-order valence-electron chi connectivity index (χ4n) is 3.84. The molecule has 0 aliphatic carbocycles. The highest BCUT2D eigenvalue weighted by Gasteiger charge is 2.28. The second kappa shape index (κ2) is 7.10. The van der Waals surface area contributed by atoms with Crippen LogP contribution >= 0.6 is 0 Å². The number of hydrogen-bond donors (Lipinski definition) is 0. The molecule has 1 aromatic carbocycles. The highest BCUT2D eigenvalue weighted by Crippen LogP contribution is 2.24. The molecular weight excluding hydrogens is 343 g/mol. The molecule has 1 aliphatic heterocycles. The maximum atomic E-state index is 13.8. The van der Waals surface area contributed by atoms with Gasteiger partial charge in [-0.25, -0.2) is 14.4 Å². The molecule has 0 N–H and O–H groups in total. The normalized spacial score (nSPS) is 17.0. The maximum Gasteiger partial charge on any atom is 0.253 e. The number of aryl methyl sites for hydroxylation is 2. The van der Waals surface area contributed by atoms with Crippen molar-refractivity contribution in [2.45, 2.75) is 33.2 Å². The highest BCUT2D eigenvalue weighted by molar-refractivity contribution is 5.94. The van der Waals surface area contributed by atoms with E-state index in [0.29, 0.717) is 30.1 Å². The standard InChI is InChI=1S/C21H23FN4O/c1-3-26-19(24-18-5-4-9-23-20(18)26)11-15-8-10-25(13-15)21(27)16-7-6-14(2)17(22)12-16/h4-7,9,12,15H,3,8,10-11,13H2,1-2H3. The molecule has 4 rings (SSSR count). The Kier molecular flexibility index (Phi) is 4.64. The molecule has 0 bridgehead atoms. The number of benzene rings is 1. The fraction of sp³-hybridized carbons (Fsp3) is 0.381. The average molecular weight is 366 g/mol. The molecule has 2 aromatic heterocycles. The summed E-state index contributed by atoms with van der Waals surface area (Å²) in [5.74, 6) is 0.945. The van der Waals surface area contributed by atoms with Gasteiger partial charge in [0.2, 0.25) is 0 Å². The van der Waals surface area contributed by atoms with E-state index in [1.54, 1.807) is 25.3 Å². The summed E-state index contributed by atoms with van der Waals surface area (Å²) in [6.07, 6.45) is 3.54. The Morgan fingerprint density at radius 3 is 2.96 bits per heavy atom. The number of carbonyl (C=O) groups is 1. The first kappa shape index (κ1) is 17.6. The number of imidazole rings is 1. The molecule has 1 unspecified atom stereocenters. The molecule has 27 heavy (non-hydrogen) atoms. The van der Waals surface area contributed by atoms with Gasteiger partial charge in [0.1, 0.15) is 17.2 Å². The summed E-state index contributed by atoms with van der Waals surface area (Å²) in [7, 11) is 0. The zero-order valence-electron chi connectivity index (χ0n) is 15.7. The molecule has 0 saturated carbocycles. The first-order valence-electron chi connectivity index (χ1n) is 9.42. The molecule has 5 nitrogen and oxygen atoms in total. The lowest BCUT2D eigenvalue weighted by molar-refractivity contribution is 0.0786. The van der Waals surface area contributed by atoms with E-state index < -0.39 is 0 Å². The summed E-state index contributed by atoms with van der Waals surface area (Å²) in [6.45, 7) is 5.99. The van der Waals surface area contributed by atoms with Crippen molar-refractivity contribution in [3.05, 3.63) is 59.3 Å².